The smallest absolute Gasteiger partial charge is 0.255 e. The summed E-state index contributed by atoms with van der Waals surface area (Å²) in [5.41, 5.74) is 0.740. The van der Waals surface area contributed by atoms with Crippen LogP contribution in [0.1, 0.15) is 36.0 Å². The van der Waals surface area contributed by atoms with Crippen molar-refractivity contribution in [1.29, 1.82) is 0 Å². The maximum atomic E-state index is 13.9. The molecule has 4 rings (SSSR count). The number of piperidine rings is 1. The van der Waals surface area contributed by atoms with Gasteiger partial charge in [-0.05, 0) is 50.1 Å². The molecule has 6 heteroatoms. The van der Waals surface area contributed by atoms with Gasteiger partial charge in [-0.15, -0.1) is 0 Å². The number of aromatic nitrogens is 1. The first-order valence-electron chi connectivity index (χ1n) is 9.24. The lowest BCUT2D eigenvalue weighted by Crippen LogP contribution is -2.46. The van der Waals surface area contributed by atoms with Crippen molar-refractivity contribution in [2.75, 3.05) is 18.4 Å². The minimum atomic E-state index is -0.377. The topological polar surface area (TPSA) is 57.3 Å². The van der Waals surface area contributed by atoms with Crippen molar-refractivity contribution in [3.63, 3.8) is 0 Å². The van der Waals surface area contributed by atoms with E-state index in [1.807, 2.05) is 0 Å². The van der Waals surface area contributed by atoms with Crippen molar-refractivity contribution < 1.29 is 9.18 Å². The number of fused-ring (bicyclic) bond motifs is 1. The van der Waals surface area contributed by atoms with E-state index in [2.05, 4.69) is 20.5 Å². The molecule has 2 aliphatic rings. The van der Waals surface area contributed by atoms with E-state index in [0.29, 0.717) is 23.1 Å². The first-order valence-corrected chi connectivity index (χ1v) is 9.24. The predicted octanol–water partition coefficient (Wildman–Crippen LogP) is 3.32. The molecule has 1 aromatic heterocycles. The predicted molar refractivity (Wildman–Crippen MR) is 99.0 cm³/mol. The van der Waals surface area contributed by atoms with Crippen molar-refractivity contribution in [2.24, 2.45) is 0 Å². The second kappa shape index (κ2) is 7.41. The minimum absolute atomic E-state index is 0.158. The Hall–Kier alpha value is -2.47. The Morgan fingerprint density at radius 1 is 1.12 bits per heavy atom. The summed E-state index contributed by atoms with van der Waals surface area (Å²) in [5, 5.41) is 6.13. The molecule has 0 aliphatic carbocycles. The van der Waals surface area contributed by atoms with Crippen LogP contribution in [0.15, 0.2) is 42.6 Å². The summed E-state index contributed by atoms with van der Waals surface area (Å²) in [4.78, 5) is 19.6. The molecule has 2 atom stereocenters. The first-order chi connectivity index (χ1) is 12.7. The van der Waals surface area contributed by atoms with Gasteiger partial charge in [-0.25, -0.2) is 9.37 Å². The number of pyridine rings is 1. The molecule has 2 aromatic rings. The summed E-state index contributed by atoms with van der Waals surface area (Å²) >= 11 is 0. The van der Waals surface area contributed by atoms with Crippen molar-refractivity contribution in [3.05, 3.63) is 54.0 Å². The number of benzene rings is 1. The van der Waals surface area contributed by atoms with E-state index in [4.69, 9.17) is 0 Å². The zero-order valence-corrected chi connectivity index (χ0v) is 14.6. The summed E-state index contributed by atoms with van der Waals surface area (Å²) in [6, 6.07) is 10.4. The van der Waals surface area contributed by atoms with Crippen LogP contribution in [0.3, 0.4) is 0 Å². The van der Waals surface area contributed by atoms with Crippen molar-refractivity contribution >= 4 is 17.4 Å². The summed E-state index contributed by atoms with van der Waals surface area (Å²) in [7, 11) is 0. The molecule has 0 spiro atoms. The van der Waals surface area contributed by atoms with Crippen molar-refractivity contribution in [1.82, 2.24) is 15.2 Å². The maximum absolute atomic E-state index is 13.9. The number of carbonyl (C=O) groups is 1. The van der Waals surface area contributed by atoms with Crippen LogP contribution in [0.5, 0.6) is 0 Å². The number of hydrogen-bond acceptors (Lipinski definition) is 4. The minimum Gasteiger partial charge on any atom is -0.348 e. The number of amides is 1. The number of nitrogens with zero attached hydrogens (tertiary/aromatic N) is 2. The van der Waals surface area contributed by atoms with Crippen LogP contribution in [-0.2, 0) is 0 Å². The molecule has 0 unspecified atom stereocenters. The maximum Gasteiger partial charge on any atom is 0.255 e. The Labute approximate surface area is 152 Å². The fourth-order valence-electron chi connectivity index (χ4n) is 4.04. The fraction of sp³-hybridized carbons (Fsp3) is 0.400. The van der Waals surface area contributed by atoms with Crippen LogP contribution >= 0.6 is 0 Å². The lowest BCUT2D eigenvalue weighted by molar-refractivity contribution is 0.0916. The molecule has 5 nitrogen and oxygen atoms in total. The molecular weight excluding hydrogens is 331 g/mol. The highest BCUT2D eigenvalue weighted by molar-refractivity contribution is 5.99. The van der Waals surface area contributed by atoms with E-state index in [-0.39, 0.29) is 17.8 Å². The number of rotatable bonds is 4. The van der Waals surface area contributed by atoms with Gasteiger partial charge in [-0.2, -0.15) is 0 Å². The number of nitrogens with one attached hydrogen (secondary N) is 2. The lowest BCUT2D eigenvalue weighted by Gasteiger charge is -2.32. The van der Waals surface area contributed by atoms with Gasteiger partial charge in [0.2, 0.25) is 0 Å². The van der Waals surface area contributed by atoms with E-state index >= 15 is 0 Å². The highest BCUT2D eigenvalue weighted by Crippen LogP contribution is 2.28. The van der Waals surface area contributed by atoms with Crippen LogP contribution < -0.4 is 10.6 Å². The number of carbonyl (C=O) groups excluding carboxylic acids is 1. The zero-order valence-electron chi connectivity index (χ0n) is 14.6. The highest BCUT2D eigenvalue weighted by Gasteiger charge is 2.36. The number of hydrogen-bond donors (Lipinski definition) is 2. The molecule has 2 fully saturated rings. The van der Waals surface area contributed by atoms with Crippen LogP contribution in [0.25, 0.3) is 0 Å². The zero-order chi connectivity index (χ0) is 17.9. The quantitative estimate of drug-likeness (QED) is 0.884. The number of para-hydroxylation sites is 1. The van der Waals surface area contributed by atoms with Gasteiger partial charge in [0.1, 0.15) is 11.6 Å². The molecule has 2 N–H and O–H groups in total. The highest BCUT2D eigenvalue weighted by atomic mass is 19.1. The second-order valence-corrected chi connectivity index (χ2v) is 6.97. The summed E-state index contributed by atoms with van der Waals surface area (Å²) in [5.74, 6) is -0.166. The average molecular weight is 354 g/mol. The van der Waals surface area contributed by atoms with E-state index in [1.165, 1.54) is 18.9 Å². The Kier molecular flexibility index (Phi) is 4.84. The Balaban J connectivity index is 1.51. The third-order valence-electron chi connectivity index (χ3n) is 5.35. The van der Waals surface area contributed by atoms with E-state index < -0.39 is 0 Å². The van der Waals surface area contributed by atoms with E-state index in [9.17, 15) is 9.18 Å². The molecule has 0 bridgehead atoms. The van der Waals surface area contributed by atoms with E-state index in [1.54, 1.807) is 36.5 Å². The lowest BCUT2D eigenvalue weighted by atomic mass is 9.99. The molecular formula is C20H23FN4O. The van der Waals surface area contributed by atoms with Gasteiger partial charge in [0.05, 0.1) is 11.3 Å². The Morgan fingerprint density at radius 2 is 2.00 bits per heavy atom. The molecule has 0 saturated carbocycles. The molecule has 1 aromatic carbocycles. The standard InChI is InChI=1S/C20H23FN4O/c21-15-7-1-2-8-16(15)23-19-14(6-5-11-22-19)20(26)24-17-10-13-25-12-4-3-9-18(17)25/h1-2,5-8,11,17-18H,3-4,9-10,12-13H2,(H,22,23)(H,24,26)/t17-,18-/m1/s1. The summed E-state index contributed by atoms with van der Waals surface area (Å²) < 4.78 is 13.9. The summed E-state index contributed by atoms with van der Waals surface area (Å²) in [6.45, 7) is 2.17. The largest absolute Gasteiger partial charge is 0.348 e. The van der Waals surface area contributed by atoms with Crippen LogP contribution in [0.2, 0.25) is 0 Å². The van der Waals surface area contributed by atoms with Gasteiger partial charge in [0.25, 0.3) is 5.91 Å². The third-order valence-corrected chi connectivity index (χ3v) is 5.35. The van der Waals surface area contributed by atoms with Gasteiger partial charge in [0.15, 0.2) is 0 Å². The fourth-order valence-corrected chi connectivity index (χ4v) is 4.04. The van der Waals surface area contributed by atoms with Gasteiger partial charge >= 0.3 is 0 Å². The third kappa shape index (κ3) is 3.42. The normalized spacial score (nSPS) is 22.7. The number of halogens is 1. The molecule has 2 saturated heterocycles. The number of anilines is 2. The SMILES string of the molecule is O=C(N[C@@H]1CCN2CCCC[C@H]12)c1cccnc1Nc1ccccc1F. The summed E-state index contributed by atoms with van der Waals surface area (Å²) in [6.07, 6.45) is 6.18. The van der Waals surface area contributed by atoms with Crippen LogP contribution in [0, 0.1) is 5.82 Å². The molecule has 2 aliphatic heterocycles. The molecule has 26 heavy (non-hydrogen) atoms. The Bertz CT molecular complexity index is 797. The molecule has 3 heterocycles. The second-order valence-electron chi connectivity index (χ2n) is 6.97. The van der Waals surface area contributed by atoms with Gasteiger partial charge in [0, 0.05) is 24.8 Å². The molecule has 1 amide bonds. The monoisotopic (exact) mass is 354 g/mol. The Morgan fingerprint density at radius 3 is 2.88 bits per heavy atom. The first kappa shape index (κ1) is 17.0. The van der Waals surface area contributed by atoms with E-state index in [0.717, 1.165) is 25.9 Å². The van der Waals surface area contributed by atoms with Gasteiger partial charge in [-0.1, -0.05) is 18.6 Å². The van der Waals surface area contributed by atoms with Crippen molar-refractivity contribution in [2.45, 2.75) is 37.8 Å². The molecule has 136 valence electrons. The molecule has 0 radical (unpaired) electrons. The van der Waals surface area contributed by atoms with Gasteiger partial charge < -0.3 is 10.6 Å². The van der Waals surface area contributed by atoms with Crippen molar-refractivity contribution in [3.8, 4) is 0 Å². The average Bonchev–Trinajstić information content (AvgIpc) is 3.07. The van der Waals surface area contributed by atoms with Crippen LogP contribution in [-0.4, -0.2) is 41.0 Å². The van der Waals surface area contributed by atoms with Gasteiger partial charge in [-0.3, -0.25) is 9.69 Å². The van der Waals surface area contributed by atoms with Crippen LogP contribution in [0.4, 0.5) is 15.9 Å².